The van der Waals surface area contributed by atoms with Gasteiger partial charge in [-0.15, -0.1) is 16.4 Å². The Kier molecular flexibility index (Phi) is 3.10. The predicted octanol–water partition coefficient (Wildman–Crippen LogP) is 3.01. The molecule has 1 aliphatic heterocycles. The van der Waals surface area contributed by atoms with Crippen molar-refractivity contribution in [1.29, 1.82) is 0 Å². The van der Waals surface area contributed by atoms with Gasteiger partial charge in [-0.25, -0.2) is 9.97 Å². The number of likely N-dealkylation sites (N-methyl/N-ethyl adjacent to an activating group) is 1. The second-order valence-corrected chi connectivity index (χ2v) is 7.60. The smallest absolute Gasteiger partial charge is 0.185 e. The lowest BCUT2D eigenvalue weighted by atomic mass is 10.1. The molecule has 0 unspecified atom stereocenters. The van der Waals surface area contributed by atoms with Crippen LogP contribution in [0.25, 0.3) is 27.3 Å². The van der Waals surface area contributed by atoms with Gasteiger partial charge in [-0.05, 0) is 38.1 Å². The third kappa shape index (κ3) is 2.16. The van der Waals surface area contributed by atoms with Gasteiger partial charge in [0.15, 0.2) is 11.5 Å². The molecule has 0 amide bonds. The summed E-state index contributed by atoms with van der Waals surface area (Å²) in [6, 6.07) is 7.17. The Balaban J connectivity index is 1.82. The number of aromatic nitrogens is 4. The Morgan fingerprint density at radius 1 is 1.20 bits per heavy atom. The summed E-state index contributed by atoms with van der Waals surface area (Å²) in [5.74, 6) is 1.53. The number of nitrogens with zero attached hydrogens (tertiary/aromatic N) is 5. The molecule has 0 saturated carbocycles. The third-order valence-corrected chi connectivity index (χ3v) is 5.89. The highest BCUT2D eigenvalue weighted by atomic mass is 32.1. The maximum atomic E-state index is 10.1. The van der Waals surface area contributed by atoms with Gasteiger partial charge in [-0.3, -0.25) is 0 Å². The van der Waals surface area contributed by atoms with E-state index in [9.17, 15) is 5.11 Å². The first kappa shape index (κ1) is 14.8. The molecule has 3 aromatic heterocycles. The summed E-state index contributed by atoms with van der Waals surface area (Å²) >= 11 is 1.76. The first-order chi connectivity index (χ1) is 12.1. The molecule has 0 fully saturated rings. The molecule has 0 aliphatic carbocycles. The lowest BCUT2D eigenvalue weighted by molar-refractivity contribution is 0.318. The van der Waals surface area contributed by atoms with Gasteiger partial charge in [-0.1, -0.05) is 12.1 Å². The van der Waals surface area contributed by atoms with Crippen molar-refractivity contribution in [2.45, 2.75) is 19.9 Å². The lowest BCUT2D eigenvalue weighted by Gasteiger charge is -2.21. The number of hydrogen-bond acceptors (Lipinski definition) is 6. The molecule has 4 aromatic rings. The molecule has 6 nitrogen and oxygen atoms in total. The zero-order valence-corrected chi connectivity index (χ0v) is 14.8. The highest BCUT2D eigenvalue weighted by molar-refractivity contribution is 7.19. The maximum absolute atomic E-state index is 10.1. The van der Waals surface area contributed by atoms with E-state index in [2.05, 4.69) is 17.0 Å². The van der Waals surface area contributed by atoms with Crippen molar-refractivity contribution in [2.75, 3.05) is 13.6 Å². The van der Waals surface area contributed by atoms with Crippen molar-refractivity contribution >= 4 is 27.2 Å². The minimum Gasteiger partial charge on any atom is -0.507 e. The van der Waals surface area contributed by atoms with Crippen molar-refractivity contribution in [3.8, 4) is 17.1 Å². The summed E-state index contributed by atoms with van der Waals surface area (Å²) in [4.78, 5) is 14.3. The molecule has 1 aliphatic rings. The van der Waals surface area contributed by atoms with Gasteiger partial charge < -0.3 is 10.0 Å². The number of para-hydroxylation sites is 1. The molecule has 25 heavy (non-hydrogen) atoms. The van der Waals surface area contributed by atoms with E-state index in [0.717, 1.165) is 41.2 Å². The lowest BCUT2D eigenvalue weighted by Crippen LogP contribution is -2.25. The summed E-state index contributed by atoms with van der Waals surface area (Å²) < 4.78 is 1.80. The van der Waals surface area contributed by atoms with E-state index >= 15 is 0 Å². The Labute approximate surface area is 148 Å². The quantitative estimate of drug-likeness (QED) is 0.571. The fourth-order valence-corrected chi connectivity index (χ4v) is 4.84. The largest absolute Gasteiger partial charge is 0.507 e. The van der Waals surface area contributed by atoms with Crippen molar-refractivity contribution in [2.24, 2.45) is 0 Å². The fraction of sp³-hybridized carbons (Fsp3) is 0.278. The highest BCUT2D eigenvalue weighted by Gasteiger charge is 2.24. The molecular weight excluding hydrogens is 334 g/mol. The third-order valence-electron chi connectivity index (χ3n) is 4.77. The molecule has 1 aromatic carbocycles. The second kappa shape index (κ2) is 5.24. The summed E-state index contributed by atoms with van der Waals surface area (Å²) in [5, 5.41) is 15.9. The van der Waals surface area contributed by atoms with Crippen LogP contribution in [0.3, 0.4) is 0 Å². The summed E-state index contributed by atoms with van der Waals surface area (Å²) in [6.07, 6.45) is 1.00. The van der Waals surface area contributed by atoms with Gasteiger partial charge in [0.05, 0.1) is 10.9 Å². The van der Waals surface area contributed by atoms with Crippen molar-refractivity contribution < 1.29 is 5.11 Å². The molecular formula is C18H17N5OS. The van der Waals surface area contributed by atoms with Crippen LogP contribution in [0.4, 0.5) is 0 Å². The molecule has 126 valence electrons. The number of aromatic hydroxyl groups is 1. The second-order valence-electron chi connectivity index (χ2n) is 6.52. The van der Waals surface area contributed by atoms with Gasteiger partial charge in [0.1, 0.15) is 16.4 Å². The van der Waals surface area contributed by atoms with E-state index in [1.54, 1.807) is 28.0 Å². The van der Waals surface area contributed by atoms with Gasteiger partial charge in [0, 0.05) is 18.0 Å². The summed E-state index contributed by atoms with van der Waals surface area (Å²) in [5.41, 5.74) is 2.83. The highest BCUT2D eigenvalue weighted by Crippen LogP contribution is 2.37. The number of rotatable bonds is 1. The van der Waals surface area contributed by atoms with Crippen LogP contribution in [0.1, 0.15) is 16.3 Å². The van der Waals surface area contributed by atoms with Crippen LogP contribution in [0.5, 0.6) is 5.75 Å². The van der Waals surface area contributed by atoms with E-state index in [1.807, 2.05) is 19.1 Å². The van der Waals surface area contributed by atoms with Gasteiger partial charge in [0.25, 0.3) is 0 Å². The average molecular weight is 351 g/mol. The van der Waals surface area contributed by atoms with Crippen LogP contribution in [-0.4, -0.2) is 43.2 Å². The Hall–Kier alpha value is -2.51. The van der Waals surface area contributed by atoms with Crippen molar-refractivity contribution in [3.05, 3.63) is 40.5 Å². The monoisotopic (exact) mass is 351 g/mol. The van der Waals surface area contributed by atoms with E-state index in [0.29, 0.717) is 11.4 Å². The first-order valence-electron chi connectivity index (χ1n) is 8.26. The number of phenolic OH excluding ortho intramolecular Hbond substituents is 1. The molecule has 5 rings (SSSR count). The zero-order valence-electron chi connectivity index (χ0n) is 14.0. The van der Waals surface area contributed by atoms with Crippen LogP contribution in [0.15, 0.2) is 24.3 Å². The van der Waals surface area contributed by atoms with E-state index in [1.165, 1.54) is 10.4 Å². The summed E-state index contributed by atoms with van der Waals surface area (Å²) in [7, 11) is 2.15. The van der Waals surface area contributed by atoms with Gasteiger partial charge in [-0.2, -0.15) is 4.52 Å². The van der Waals surface area contributed by atoms with Crippen LogP contribution >= 0.6 is 11.3 Å². The zero-order chi connectivity index (χ0) is 17.1. The topological polar surface area (TPSA) is 66.5 Å². The standard InChI is InChI=1S/C18H17N5OS/c1-10-19-18-15(12-7-8-22(2)9-14(12)25-18)17-20-16(21-23(10)17)11-5-3-4-6-13(11)24/h3-6,24H,7-9H2,1-2H3. The van der Waals surface area contributed by atoms with Gasteiger partial charge in [0.2, 0.25) is 0 Å². The van der Waals surface area contributed by atoms with Crippen LogP contribution in [0.2, 0.25) is 0 Å². The molecule has 0 bridgehead atoms. The molecule has 0 saturated heterocycles. The van der Waals surface area contributed by atoms with Crippen LogP contribution in [-0.2, 0) is 13.0 Å². The fourth-order valence-electron chi connectivity index (χ4n) is 3.50. The number of phenols is 1. The predicted molar refractivity (Wildman–Crippen MR) is 98.0 cm³/mol. The van der Waals surface area contributed by atoms with Crippen LogP contribution < -0.4 is 0 Å². The molecule has 7 heteroatoms. The molecule has 0 spiro atoms. The van der Waals surface area contributed by atoms with Crippen molar-refractivity contribution in [1.82, 2.24) is 24.5 Å². The summed E-state index contributed by atoms with van der Waals surface area (Å²) in [6.45, 7) is 3.95. The van der Waals surface area contributed by atoms with Crippen molar-refractivity contribution in [3.63, 3.8) is 0 Å². The number of fused-ring (bicyclic) bond motifs is 5. The van der Waals surface area contributed by atoms with Crippen LogP contribution in [0, 0.1) is 6.92 Å². The molecule has 1 N–H and O–H groups in total. The average Bonchev–Trinajstić information content (AvgIpc) is 3.16. The minimum atomic E-state index is 0.189. The number of benzene rings is 1. The SMILES string of the molecule is Cc1nc2sc3c(c2c2nc(-c4ccccc4O)nn12)CCN(C)C3. The molecule has 4 heterocycles. The first-order valence-corrected chi connectivity index (χ1v) is 9.08. The number of thiophene rings is 1. The van der Waals surface area contributed by atoms with E-state index in [4.69, 9.17) is 9.97 Å². The van der Waals surface area contributed by atoms with E-state index < -0.39 is 0 Å². The Morgan fingerprint density at radius 2 is 2.04 bits per heavy atom. The minimum absolute atomic E-state index is 0.189. The Morgan fingerprint density at radius 3 is 2.88 bits per heavy atom. The number of hydrogen-bond donors (Lipinski definition) is 1. The van der Waals surface area contributed by atoms with Gasteiger partial charge >= 0.3 is 0 Å². The normalized spacial score (nSPS) is 15.1. The Bertz CT molecular complexity index is 1130. The number of aryl methyl sites for hydroxylation is 1. The molecule has 0 atom stereocenters. The molecule has 0 radical (unpaired) electrons. The maximum Gasteiger partial charge on any atom is 0.185 e. The van der Waals surface area contributed by atoms with E-state index in [-0.39, 0.29) is 5.75 Å².